The summed E-state index contributed by atoms with van der Waals surface area (Å²) in [6.07, 6.45) is -4.06. The molecule has 1 unspecified atom stereocenters. The molecule has 70 heavy (non-hydrogen) atoms. The summed E-state index contributed by atoms with van der Waals surface area (Å²) < 4.78 is 5.18. The van der Waals surface area contributed by atoms with Crippen LogP contribution in [0.5, 0.6) is 5.75 Å². The van der Waals surface area contributed by atoms with Gasteiger partial charge in [-0.15, -0.1) is 0 Å². The average molecular weight is 979 g/mol. The Kier molecular flexibility index (Phi) is 19.0. The number of β-amino-alcohol motifs (C(OH)–C–C–N with tert-alkyl or cyclic N) is 1. The molecule has 1 aromatic heterocycles. The number of carbonyl (C=O) groups excluding carboxylic acids is 7. The van der Waals surface area contributed by atoms with Gasteiger partial charge >= 0.3 is 5.97 Å². The molecule has 2 aliphatic rings. The Labute approximate surface area is 402 Å². The molecule has 2 aliphatic heterocycles. The maximum Gasteiger partial charge on any atom is 0.352 e. The summed E-state index contributed by atoms with van der Waals surface area (Å²) in [5.41, 5.74) is -1.26. The first-order valence-corrected chi connectivity index (χ1v) is 22.8. The number of fused-ring (bicyclic) bond motifs is 2. The Morgan fingerprint density at radius 2 is 1.60 bits per heavy atom. The van der Waals surface area contributed by atoms with E-state index >= 15 is 0 Å². The van der Waals surface area contributed by atoms with Crippen LogP contribution in [0, 0.1) is 5.92 Å². The molecular formula is C47H62N8O15. The number of carboxylic acid groups (broad SMARTS) is 1. The third-order valence-corrected chi connectivity index (χ3v) is 12.3. The minimum Gasteiger partial charge on any atom is -0.497 e. The number of para-hydroxylation sites is 1. The molecule has 380 valence electrons. The SMILES string of the molecule is COc1ccc(/C=C/CCCC[C@H](C)[C@H](O)[C@@H](O)C2NC(=O)C[C@@H](O)CNC(=O)CNC(=O)[C@@H](Cc3c(C(=O)O)[nH]c4ccccc34)NC(=O)CN(C)C(=O)C[C@@]3(O)NC(=O)C[C@@H]3NC(=O)[C@H]2O)cc1. The zero-order chi connectivity index (χ0) is 51.3. The van der Waals surface area contributed by atoms with Crippen LogP contribution in [-0.2, 0) is 40.0 Å². The number of nitrogens with one attached hydrogen (secondary N) is 7. The first kappa shape index (κ1) is 54.0. The monoisotopic (exact) mass is 978 g/mol. The van der Waals surface area contributed by atoms with Gasteiger partial charge in [-0.05, 0) is 54.5 Å². The van der Waals surface area contributed by atoms with Crippen molar-refractivity contribution >= 4 is 64.3 Å². The van der Waals surface area contributed by atoms with Gasteiger partial charge in [0.25, 0.3) is 5.91 Å². The van der Waals surface area contributed by atoms with E-state index in [1.54, 1.807) is 38.3 Å². The highest BCUT2D eigenvalue weighted by atomic mass is 16.5. The molecule has 23 heteroatoms. The lowest BCUT2D eigenvalue weighted by Gasteiger charge is -2.35. The van der Waals surface area contributed by atoms with Crippen molar-refractivity contribution in [2.45, 2.75) is 107 Å². The molecule has 2 aromatic carbocycles. The quantitative estimate of drug-likeness (QED) is 0.0818. The van der Waals surface area contributed by atoms with Gasteiger partial charge in [0.15, 0.2) is 11.8 Å². The first-order chi connectivity index (χ1) is 33.2. The van der Waals surface area contributed by atoms with E-state index in [1.165, 1.54) is 7.05 Å². The second kappa shape index (κ2) is 24.6. The number of hydrogen-bond donors (Lipinski definition) is 13. The number of allylic oxidation sites excluding steroid dienone is 1. The van der Waals surface area contributed by atoms with Crippen molar-refractivity contribution in [1.29, 1.82) is 0 Å². The number of hydrogen-bond acceptors (Lipinski definition) is 14. The van der Waals surface area contributed by atoms with E-state index in [4.69, 9.17) is 4.74 Å². The minimum absolute atomic E-state index is 0.133. The molecule has 0 saturated carbocycles. The number of H-pyrrole nitrogens is 1. The van der Waals surface area contributed by atoms with E-state index in [0.29, 0.717) is 36.6 Å². The molecule has 3 heterocycles. The zero-order valence-electron chi connectivity index (χ0n) is 39.0. The van der Waals surface area contributed by atoms with Gasteiger partial charge < -0.3 is 77.2 Å². The van der Waals surface area contributed by atoms with E-state index in [-0.39, 0.29) is 11.3 Å². The second-order valence-electron chi connectivity index (χ2n) is 17.7. The number of likely N-dealkylation sites (N-methyl/N-ethyl adjacent to an activating group) is 1. The molecule has 9 atom stereocenters. The van der Waals surface area contributed by atoms with Crippen LogP contribution in [0.1, 0.15) is 73.5 Å². The number of nitrogens with zero attached hydrogens (tertiary/aromatic N) is 1. The number of benzene rings is 2. The minimum atomic E-state index is -2.51. The van der Waals surface area contributed by atoms with E-state index in [9.17, 15) is 69.0 Å². The Morgan fingerprint density at radius 3 is 2.30 bits per heavy atom. The number of amides is 7. The maximum absolute atomic E-state index is 13.7. The summed E-state index contributed by atoms with van der Waals surface area (Å²) in [5.74, 6) is -8.20. The Hall–Kier alpha value is -6.92. The zero-order valence-corrected chi connectivity index (χ0v) is 39.0. The number of aliphatic hydroxyl groups excluding tert-OH is 4. The Morgan fingerprint density at radius 1 is 0.886 bits per heavy atom. The lowest BCUT2D eigenvalue weighted by atomic mass is 9.88. The number of rotatable bonds is 13. The molecule has 23 nitrogen and oxygen atoms in total. The third kappa shape index (κ3) is 14.6. The van der Waals surface area contributed by atoms with Crippen molar-refractivity contribution in [3.8, 4) is 5.75 Å². The van der Waals surface area contributed by atoms with Crippen molar-refractivity contribution in [2.24, 2.45) is 5.92 Å². The van der Waals surface area contributed by atoms with Crippen molar-refractivity contribution < 1.29 is 73.7 Å². The van der Waals surface area contributed by atoms with Crippen LogP contribution in [0.15, 0.2) is 54.6 Å². The summed E-state index contributed by atoms with van der Waals surface area (Å²) >= 11 is 0. The summed E-state index contributed by atoms with van der Waals surface area (Å²) in [7, 11) is 2.74. The fourth-order valence-electron chi connectivity index (χ4n) is 8.26. The maximum atomic E-state index is 13.7. The predicted octanol–water partition coefficient (Wildman–Crippen LogP) is -2.08. The molecule has 13 N–H and O–H groups in total. The van der Waals surface area contributed by atoms with Gasteiger partial charge in [0.2, 0.25) is 35.4 Å². The molecule has 3 aromatic rings. The topological polar surface area (TPSA) is 358 Å². The molecule has 0 spiro atoms. The van der Waals surface area contributed by atoms with Crippen molar-refractivity contribution in [1.82, 2.24) is 41.8 Å². The molecular weight excluding hydrogens is 917 g/mol. The van der Waals surface area contributed by atoms with E-state index in [1.807, 2.05) is 36.4 Å². The van der Waals surface area contributed by atoms with E-state index < -0.39 is 147 Å². The van der Waals surface area contributed by atoms with Gasteiger partial charge in [0.1, 0.15) is 23.6 Å². The number of unbranched alkanes of at least 4 members (excludes halogenated alkanes) is 2. The standard InChI is InChI=1S/C47H62N8O15/c1-25(10-6-4-5-7-11-26-14-16-28(70-3)17-15-26)41(62)42(63)40-43(64)45(66)52-33-20-35(58)54-47(33,69)21-38(61)55(2)24-37(60)50-32(19-30-29-12-8-9-13-31(29)51-39(30)46(67)68)44(65)49-23-36(59)48-22-27(56)18-34(57)53-40/h7-9,11-17,25,27,32-33,40-43,51,56,62-64,69H,4-6,10,18-24H2,1-3H3,(H,48,59)(H,49,65)(H,50,60)(H,52,66)(H,53,57)(H,54,58)(H,67,68)/b11-7+/t25-,27+,32+,33-,40?,41-,42-,43-,47-/m0/s1. The highest BCUT2D eigenvalue weighted by molar-refractivity contribution is 5.99. The number of methoxy groups -OCH3 is 1. The molecule has 5 rings (SSSR count). The molecule has 2 fully saturated rings. The molecule has 0 bridgehead atoms. The number of aromatic carboxylic acids is 1. The third-order valence-electron chi connectivity index (χ3n) is 12.3. The van der Waals surface area contributed by atoms with Crippen LogP contribution in [0.25, 0.3) is 17.0 Å². The number of aliphatic hydroxyl groups is 5. The smallest absolute Gasteiger partial charge is 0.352 e. The summed E-state index contributed by atoms with van der Waals surface area (Å²) in [6.45, 7) is -0.413. The van der Waals surface area contributed by atoms with Gasteiger partial charge in [-0.2, -0.15) is 0 Å². The van der Waals surface area contributed by atoms with Gasteiger partial charge in [-0.3, -0.25) is 33.6 Å². The van der Waals surface area contributed by atoms with Gasteiger partial charge in [-0.1, -0.05) is 55.8 Å². The van der Waals surface area contributed by atoms with E-state index in [2.05, 4.69) is 36.9 Å². The fourth-order valence-corrected chi connectivity index (χ4v) is 8.26. The van der Waals surface area contributed by atoms with Crippen molar-refractivity contribution in [3.05, 3.63) is 71.4 Å². The highest BCUT2D eigenvalue weighted by Crippen LogP contribution is 2.26. The lowest BCUT2D eigenvalue weighted by Crippen LogP contribution is -2.63. The van der Waals surface area contributed by atoms with Crippen molar-refractivity contribution in [3.63, 3.8) is 0 Å². The highest BCUT2D eigenvalue weighted by Gasteiger charge is 2.49. The summed E-state index contributed by atoms with van der Waals surface area (Å²) in [6, 6.07) is 8.87. The van der Waals surface area contributed by atoms with Crippen LogP contribution in [-0.4, -0.2) is 170 Å². The van der Waals surface area contributed by atoms with Gasteiger partial charge in [0.05, 0.1) is 63.8 Å². The normalized spacial score (nSPS) is 25.2. The Balaban J connectivity index is 1.33. The van der Waals surface area contributed by atoms with Gasteiger partial charge in [0, 0.05) is 30.9 Å². The summed E-state index contributed by atoms with van der Waals surface area (Å²) in [5, 5.41) is 80.8. The van der Waals surface area contributed by atoms with Crippen LogP contribution < -0.4 is 36.6 Å². The van der Waals surface area contributed by atoms with Crippen LogP contribution in [0.3, 0.4) is 0 Å². The number of aromatic amines is 1. The van der Waals surface area contributed by atoms with E-state index in [0.717, 1.165) is 16.2 Å². The first-order valence-electron chi connectivity index (χ1n) is 22.8. The van der Waals surface area contributed by atoms with Crippen LogP contribution >= 0.6 is 0 Å². The average Bonchev–Trinajstić information content (AvgIpc) is 3.83. The molecule has 2 saturated heterocycles. The molecule has 0 radical (unpaired) electrons. The van der Waals surface area contributed by atoms with Crippen LogP contribution in [0.2, 0.25) is 0 Å². The summed E-state index contributed by atoms with van der Waals surface area (Å²) in [4.78, 5) is 109. The lowest BCUT2D eigenvalue weighted by molar-refractivity contribution is -0.145. The number of carbonyl (C=O) groups is 8. The number of aromatic nitrogens is 1. The van der Waals surface area contributed by atoms with Crippen LogP contribution in [0.4, 0.5) is 0 Å². The predicted molar refractivity (Wildman–Crippen MR) is 249 cm³/mol. The van der Waals surface area contributed by atoms with Gasteiger partial charge in [-0.25, -0.2) is 4.79 Å². The second-order valence-corrected chi connectivity index (χ2v) is 17.7. The Bertz CT molecular complexity index is 2410. The molecule has 7 amide bonds. The number of carboxylic acids is 1. The van der Waals surface area contributed by atoms with Crippen molar-refractivity contribution in [2.75, 3.05) is 33.8 Å². The fraction of sp³-hybridized carbons (Fsp3) is 0.489. The largest absolute Gasteiger partial charge is 0.497 e. The molecule has 0 aliphatic carbocycles. The number of ether oxygens (including phenoxy) is 1.